The van der Waals surface area contributed by atoms with Gasteiger partial charge in [0.2, 0.25) is 0 Å². The van der Waals surface area contributed by atoms with E-state index in [4.69, 9.17) is 4.74 Å². The fourth-order valence-corrected chi connectivity index (χ4v) is 3.17. The number of hydrogen-bond donors (Lipinski definition) is 1. The molecular weight excluding hydrogens is 222 g/mol. The van der Waals surface area contributed by atoms with Gasteiger partial charge in [-0.2, -0.15) is 0 Å². The standard InChI is InChI=1S/C16H25NO/c1-3-11-17-12-16(13-18-2)10-6-8-14-7-4-5-9-15(14)16/h4-5,7,9,17H,3,6,8,10-13H2,1-2H3. The molecule has 18 heavy (non-hydrogen) atoms. The van der Waals surface area contributed by atoms with Crippen molar-refractivity contribution in [2.45, 2.75) is 38.0 Å². The summed E-state index contributed by atoms with van der Waals surface area (Å²) in [6, 6.07) is 8.88. The Kier molecular flexibility index (Phi) is 4.79. The molecule has 0 heterocycles. The number of methoxy groups -OCH3 is 1. The van der Waals surface area contributed by atoms with Crippen LogP contribution in [0.2, 0.25) is 0 Å². The van der Waals surface area contributed by atoms with Gasteiger partial charge < -0.3 is 10.1 Å². The van der Waals surface area contributed by atoms with Gasteiger partial charge in [0.25, 0.3) is 0 Å². The van der Waals surface area contributed by atoms with Gasteiger partial charge in [-0.15, -0.1) is 0 Å². The van der Waals surface area contributed by atoms with Gasteiger partial charge >= 0.3 is 0 Å². The maximum Gasteiger partial charge on any atom is 0.0571 e. The van der Waals surface area contributed by atoms with Crippen LogP contribution in [0.5, 0.6) is 0 Å². The van der Waals surface area contributed by atoms with E-state index in [-0.39, 0.29) is 5.41 Å². The molecule has 0 fully saturated rings. The van der Waals surface area contributed by atoms with E-state index in [2.05, 4.69) is 36.5 Å². The number of benzene rings is 1. The number of hydrogen-bond acceptors (Lipinski definition) is 2. The maximum absolute atomic E-state index is 5.53. The molecule has 2 heteroatoms. The number of nitrogens with one attached hydrogen (secondary N) is 1. The summed E-state index contributed by atoms with van der Waals surface area (Å²) in [5.41, 5.74) is 3.19. The van der Waals surface area contributed by atoms with Gasteiger partial charge in [0, 0.05) is 19.1 Å². The highest BCUT2D eigenvalue weighted by Gasteiger charge is 2.35. The van der Waals surface area contributed by atoms with E-state index in [1.165, 1.54) is 36.8 Å². The zero-order valence-electron chi connectivity index (χ0n) is 11.7. The van der Waals surface area contributed by atoms with Crippen molar-refractivity contribution in [2.24, 2.45) is 0 Å². The third-order valence-electron chi connectivity index (χ3n) is 4.00. The Labute approximate surface area is 111 Å². The van der Waals surface area contributed by atoms with E-state index in [0.717, 1.165) is 19.7 Å². The molecule has 0 aromatic heterocycles. The molecule has 1 aliphatic carbocycles. The quantitative estimate of drug-likeness (QED) is 0.780. The fourth-order valence-electron chi connectivity index (χ4n) is 3.17. The van der Waals surface area contributed by atoms with Crippen LogP contribution in [0.4, 0.5) is 0 Å². The Morgan fingerprint density at radius 2 is 2.17 bits per heavy atom. The number of aryl methyl sites for hydroxylation is 1. The minimum absolute atomic E-state index is 0.179. The molecule has 1 aromatic rings. The average molecular weight is 247 g/mol. The summed E-state index contributed by atoms with van der Waals surface area (Å²) < 4.78 is 5.53. The lowest BCUT2D eigenvalue weighted by molar-refractivity contribution is 0.116. The molecule has 0 spiro atoms. The van der Waals surface area contributed by atoms with Crippen LogP contribution in [0.3, 0.4) is 0 Å². The number of rotatable bonds is 6. The van der Waals surface area contributed by atoms with Crippen molar-refractivity contribution in [3.8, 4) is 0 Å². The van der Waals surface area contributed by atoms with Gasteiger partial charge in [-0.25, -0.2) is 0 Å². The molecule has 0 saturated carbocycles. The Bertz CT molecular complexity index is 377. The van der Waals surface area contributed by atoms with Gasteiger partial charge in [-0.3, -0.25) is 0 Å². The third kappa shape index (κ3) is 2.76. The first-order chi connectivity index (χ1) is 8.82. The van der Waals surface area contributed by atoms with Gasteiger partial charge in [-0.1, -0.05) is 31.2 Å². The summed E-state index contributed by atoms with van der Waals surface area (Å²) in [7, 11) is 1.82. The van der Waals surface area contributed by atoms with Crippen LogP contribution in [-0.2, 0) is 16.6 Å². The SMILES string of the molecule is CCCNCC1(COC)CCCc2ccccc21. The molecule has 1 aliphatic rings. The molecule has 2 rings (SSSR count). The molecule has 0 aliphatic heterocycles. The minimum atomic E-state index is 0.179. The predicted molar refractivity (Wildman–Crippen MR) is 76.1 cm³/mol. The number of fused-ring (bicyclic) bond motifs is 1. The summed E-state index contributed by atoms with van der Waals surface area (Å²) in [5.74, 6) is 0. The van der Waals surface area contributed by atoms with Crippen LogP contribution in [0.25, 0.3) is 0 Å². The molecule has 1 atom stereocenters. The second-order valence-corrected chi connectivity index (χ2v) is 5.40. The molecule has 2 nitrogen and oxygen atoms in total. The highest BCUT2D eigenvalue weighted by molar-refractivity contribution is 5.37. The second-order valence-electron chi connectivity index (χ2n) is 5.40. The third-order valence-corrected chi connectivity index (χ3v) is 4.00. The Morgan fingerprint density at radius 1 is 1.33 bits per heavy atom. The van der Waals surface area contributed by atoms with Crippen LogP contribution in [-0.4, -0.2) is 26.8 Å². The van der Waals surface area contributed by atoms with Gasteiger partial charge in [0.15, 0.2) is 0 Å². The van der Waals surface area contributed by atoms with E-state index in [1.54, 1.807) is 0 Å². The normalized spacial score (nSPS) is 22.8. The monoisotopic (exact) mass is 247 g/mol. The van der Waals surface area contributed by atoms with Gasteiger partial charge in [-0.05, 0) is 43.4 Å². The molecule has 1 unspecified atom stereocenters. The van der Waals surface area contributed by atoms with Gasteiger partial charge in [0.1, 0.15) is 0 Å². The summed E-state index contributed by atoms with van der Waals surface area (Å²) in [4.78, 5) is 0. The first-order valence-electron chi connectivity index (χ1n) is 7.10. The van der Waals surface area contributed by atoms with Crippen molar-refractivity contribution in [1.29, 1.82) is 0 Å². The molecule has 1 N–H and O–H groups in total. The Morgan fingerprint density at radius 3 is 2.94 bits per heavy atom. The molecule has 1 aromatic carbocycles. The van der Waals surface area contributed by atoms with Crippen LogP contribution >= 0.6 is 0 Å². The summed E-state index contributed by atoms with van der Waals surface area (Å²) >= 11 is 0. The molecule has 0 saturated heterocycles. The molecule has 0 radical (unpaired) electrons. The zero-order valence-corrected chi connectivity index (χ0v) is 11.7. The second kappa shape index (κ2) is 6.35. The summed E-state index contributed by atoms with van der Waals surface area (Å²) in [6.45, 7) is 5.16. The molecule has 0 amide bonds. The first kappa shape index (κ1) is 13.6. The van der Waals surface area contributed by atoms with Gasteiger partial charge in [0.05, 0.1) is 6.61 Å². The Balaban J connectivity index is 2.24. The van der Waals surface area contributed by atoms with Crippen molar-refractivity contribution < 1.29 is 4.74 Å². The van der Waals surface area contributed by atoms with Crippen molar-refractivity contribution >= 4 is 0 Å². The zero-order chi connectivity index (χ0) is 12.8. The van der Waals surface area contributed by atoms with Crippen molar-refractivity contribution in [2.75, 3.05) is 26.8 Å². The van der Waals surface area contributed by atoms with Crippen molar-refractivity contribution in [3.05, 3.63) is 35.4 Å². The van der Waals surface area contributed by atoms with E-state index >= 15 is 0 Å². The maximum atomic E-state index is 5.53. The van der Waals surface area contributed by atoms with Crippen molar-refractivity contribution in [3.63, 3.8) is 0 Å². The number of ether oxygens (including phenoxy) is 1. The van der Waals surface area contributed by atoms with Crippen molar-refractivity contribution in [1.82, 2.24) is 5.32 Å². The predicted octanol–water partition coefficient (Wildman–Crippen LogP) is 2.91. The lowest BCUT2D eigenvalue weighted by atomic mass is 9.70. The minimum Gasteiger partial charge on any atom is -0.384 e. The lowest BCUT2D eigenvalue weighted by Gasteiger charge is -2.39. The largest absolute Gasteiger partial charge is 0.384 e. The summed E-state index contributed by atoms with van der Waals surface area (Å²) in [5, 5.41) is 3.59. The smallest absolute Gasteiger partial charge is 0.0571 e. The lowest BCUT2D eigenvalue weighted by Crippen LogP contribution is -2.44. The van der Waals surface area contributed by atoms with E-state index in [1.807, 2.05) is 7.11 Å². The average Bonchev–Trinajstić information content (AvgIpc) is 2.40. The molecule has 100 valence electrons. The fraction of sp³-hybridized carbons (Fsp3) is 0.625. The van der Waals surface area contributed by atoms with Crippen LogP contribution < -0.4 is 5.32 Å². The molecular formula is C16H25NO. The summed E-state index contributed by atoms with van der Waals surface area (Å²) in [6.07, 6.45) is 4.91. The topological polar surface area (TPSA) is 21.3 Å². The highest BCUT2D eigenvalue weighted by atomic mass is 16.5. The Hall–Kier alpha value is -0.860. The van der Waals surface area contributed by atoms with Crippen LogP contribution in [0, 0.1) is 0 Å². The first-order valence-corrected chi connectivity index (χ1v) is 7.10. The van der Waals surface area contributed by atoms with E-state index in [0.29, 0.717) is 0 Å². The molecule has 0 bridgehead atoms. The van der Waals surface area contributed by atoms with E-state index in [9.17, 15) is 0 Å². The highest BCUT2D eigenvalue weighted by Crippen LogP contribution is 2.37. The van der Waals surface area contributed by atoms with E-state index < -0.39 is 0 Å². The van der Waals surface area contributed by atoms with Crippen LogP contribution in [0.1, 0.15) is 37.3 Å². The van der Waals surface area contributed by atoms with Crippen LogP contribution in [0.15, 0.2) is 24.3 Å².